The molecule has 222 valence electrons. The molecule has 0 saturated carbocycles. The van der Waals surface area contributed by atoms with Crippen molar-refractivity contribution < 1.29 is 18.9 Å². The van der Waals surface area contributed by atoms with E-state index in [1.807, 2.05) is 19.9 Å². The van der Waals surface area contributed by atoms with E-state index in [4.69, 9.17) is 18.9 Å². The van der Waals surface area contributed by atoms with Crippen LogP contribution in [-0.2, 0) is 4.74 Å². The molecule has 39 heavy (non-hydrogen) atoms. The molecule has 1 aromatic rings. The van der Waals surface area contributed by atoms with Gasteiger partial charge in [-0.25, -0.2) is 0 Å². The van der Waals surface area contributed by atoms with Gasteiger partial charge in [0.1, 0.15) is 22.8 Å². The predicted octanol–water partition coefficient (Wildman–Crippen LogP) is 10.4. The fraction of sp³-hybridized carbons (Fsp3) is 0.714. The number of allylic oxidation sites excluding steroid dienone is 1. The number of hydrogen-bond acceptors (Lipinski definition) is 4. The summed E-state index contributed by atoms with van der Waals surface area (Å²) in [5.41, 5.74) is 2.89. The van der Waals surface area contributed by atoms with E-state index in [0.29, 0.717) is 6.61 Å². The number of rotatable bonds is 18. The van der Waals surface area contributed by atoms with Crippen LogP contribution >= 0.6 is 0 Å². The van der Waals surface area contributed by atoms with Crippen molar-refractivity contribution in [2.24, 2.45) is 17.8 Å². The average molecular weight is 543 g/mol. The fourth-order valence-corrected chi connectivity index (χ4v) is 5.49. The van der Waals surface area contributed by atoms with E-state index in [1.54, 1.807) is 14.2 Å². The monoisotopic (exact) mass is 542 g/mol. The Labute approximate surface area is 240 Å². The molecule has 0 amide bonds. The SMILES string of the molecule is COc1cc2c(c(OC)c1C(C)OC/C=C(\C)CCC[C@H](C)CCC[C@H](C)CCCC(C)C)C=CC(C)(C)O2. The van der Waals surface area contributed by atoms with Gasteiger partial charge in [0.05, 0.1) is 38.1 Å². The van der Waals surface area contributed by atoms with E-state index < -0.39 is 0 Å². The highest BCUT2D eigenvalue weighted by atomic mass is 16.5. The van der Waals surface area contributed by atoms with Crippen LogP contribution < -0.4 is 14.2 Å². The highest BCUT2D eigenvalue weighted by molar-refractivity contribution is 5.72. The van der Waals surface area contributed by atoms with E-state index in [2.05, 4.69) is 59.8 Å². The summed E-state index contributed by atoms with van der Waals surface area (Å²) in [7, 11) is 3.37. The molecule has 0 bridgehead atoms. The fourth-order valence-electron chi connectivity index (χ4n) is 5.49. The van der Waals surface area contributed by atoms with Gasteiger partial charge in [-0.1, -0.05) is 84.3 Å². The van der Waals surface area contributed by atoms with Crippen molar-refractivity contribution in [3.63, 3.8) is 0 Å². The zero-order chi connectivity index (χ0) is 29.0. The van der Waals surface area contributed by atoms with Crippen LogP contribution in [0.2, 0.25) is 0 Å². The molecule has 0 N–H and O–H groups in total. The molecule has 1 aliphatic heterocycles. The third kappa shape index (κ3) is 11.2. The third-order valence-electron chi connectivity index (χ3n) is 8.06. The van der Waals surface area contributed by atoms with Crippen LogP contribution in [0.25, 0.3) is 6.08 Å². The molecule has 1 aromatic carbocycles. The summed E-state index contributed by atoms with van der Waals surface area (Å²) >= 11 is 0. The van der Waals surface area contributed by atoms with Gasteiger partial charge >= 0.3 is 0 Å². The van der Waals surface area contributed by atoms with Gasteiger partial charge in [0.2, 0.25) is 0 Å². The minimum atomic E-state index is -0.363. The first kappa shape index (κ1) is 33.3. The summed E-state index contributed by atoms with van der Waals surface area (Å²) in [5.74, 6) is 4.78. The lowest BCUT2D eigenvalue weighted by Crippen LogP contribution is -2.27. The quantitative estimate of drug-likeness (QED) is 0.173. The molecule has 0 saturated heterocycles. The molecule has 4 heteroatoms. The van der Waals surface area contributed by atoms with E-state index in [1.165, 1.54) is 56.9 Å². The third-order valence-corrected chi connectivity index (χ3v) is 8.06. The normalized spacial score (nSPS) is 16.9. The van der Waals surface area contributed by atoms with E-state index in [0.717, 1.165) is 52.5 Å². The number of hydrogen-bond donors (Lipinski definition) is 0. The van der Waals surface area contributed by atoms with Gasteiger partial charge in [-0.05, 0) is 70.4 Å². The maximum Gasteiger partial charge on any atom is 0.139 e. The molecule has 0 fully saturated rings. The minimum Gasteiger partial charge on any atom is -0.496 e. The van der Waals surface area contributed by atoms with E-state index in [-0.39, 0.29) is 11.7 Å². The molecule has 3 atom stereocenters. The number of benzene rings is 1. The van der Waals surface area contributed by atoms with Crippen molar-refractivity contribution in [2.45, 2.75) is 125 Å². The van der Waals surface area contributed by atoms with Crippen molar-refractivity contribution in [3.05, 3.63) is 34.9 Å². The van der Waals surface area contributed by atoms with Crippen LogP contribution in [0, 0.1) is 17.8 Å². The van der Waals surface area contributed by atoms with Crippen molar-refractivity contribution >= 4 is 6.08 Å². The number of ether oxygens (including phenoxy) is 4. The van der Waals surface area contributed by atoms with Crippen molar-refractivity contribution in [3.8, 4) is 17.2 Å². The van der Waals surface area contributed by atoms with Gasteiger partial charge in [-0.15, -0.1) is 0 Å². The molecule has 1 heterocycles. The summed E-state index contributed by atoms with van der Waals surface area (Å²) in [6, 6.07) is 1.95. The van der Waals surface area contributed by atoms with Gasteiger partial charge in [0.25, 0.3) is 0 Å². The van der Waals surface area contributed by atoms with Crippen LogP contribution in [0.15, 0.2) is 23.8 Å². The minimum absolute atomic E-state index is 0.180. The van der Waals surface area contributed by atoms with Crippen LogP contribution in [0.1, 0.15) is 130 Å². The molecule has 1 aliphatic rings. The Morgan fingerprint density at radius 1 is 0.897 bits per heavy atom. The predicted molar refractivity (Wildman–Crippen MR) is 166 cm³/mol. The Balaban J connectivity index is 1.79. The maximum absolute atomic E-state index is 6.26. The van der Waals surface area contributed by atoms with Crippen molar-refractivity contribution in [1.29, 1.82) is 0 Å². The summed E-state index contributed by atoms with van der Waals surface area (Å²) in [6.07, 6.45) is 18.2. The second-order valence-corrected chi connectivity index (χ2v) is 12.9. The molecular formula is C35H58O4. The number of methoxy groups -OCH3 is 2. The van der Waals surface area contributed by atoms with Crippen LogP contribution in [0.5, 0.6) is 17.2 Å². The molecule has 0 aliphatic carbocycles. The summed E-state index contributed by atoms with van der Waals surface area (Å²) in [5, 5.41) is 0. The van der Waals surface area contributed by atoms with Gasteiger partial charge in [0.15, 0.2) is 0 Å². The second kappa shape index (κ2) is 16.4. The Kier molecular flexibility index (Phi) is 14.0. The second-order valence-electron chi connectivity index (χ2n) is 12.9. The zero-order valence-electron chi connectivity index (χ0n) is 26.8. The van der Waals surface area contributed by atoms with Crippen LogP contribution in [0.4, 0.5) is 0 Å². The van der Waals surface area contributed by atoms with Crippen molar-refractivity contribution in [2.75, 3.05) is 20.8 Å². The van der Waals surface area contributed by atoms with E-state index in [9.17, 15) is 0 Å². The average Bonchev–Trinajstić information content (AvgIpc) is 2.86. The Hall–Kier alpha value is -1.94. The van der Waals surface area contributed by atoms with Gasteiger partial charge < -0.3 is 18.9 Å². The lowest BCUT2D eigenvalue weighted by Gasteiger charge is -2.30. The number of fused-ring (bicyclic) bond motifs is 1. The van der Waals surface area contributed by atoms with Crippen LogP contribution in [0.3, 0.4) is 0 Å². The lowest BCUT2D eigenvalue weighted by atomic mass is 9.91. The first-order chi connectivity index (χ1) is 18.5. The Morgan fingerprint density at radius 2 is 1.51 bits per heavy atom. The highest BCUT2D eigenvalue weighted by Gasteiger charge is 2.29. The zero-order valence-corrected chi connectivity index (χ0v) is 26.8. The molecular weight excluding hydrogens is 484 g/mol. The lowest BCUT2D eigenvalue weighted by molar-refractivity contribution is 0.0835. The molecule has 0 radical (unpaired) electrons. The summed E-state index contributed by atoms with van der Waals surface area (Å²) in [6.45, 7) is 18.4. The molecule has 4 nitrogen and oxygen atoms in total. The van der Waals surface area contributed by atoms with Crippen LogP contribution in [-0.4, -0.2) is 26.4 Å². The molecule has 0 spiro atoms. The largest absolute Gasteiger partial charge is 0.496 e. The standard InChI is InChI=1S/C35H58O4/c1-25(2)14-11-15-26(3)16-12-17-27(4)18-13-19-28(5)21-23-38-29(6)33-32(36-9)24-31-30(34(33)37-10)20-22-35(7,8)39-31/h20-22,24-27,29H,11-19,23H2,1-10H3/b28-21+/t26-,27-,29?/m1/s1. The van der Waals surface area contributed by atoms with Gasteiger partial charge in [-0.2, -0.15) is 0 Å². The highest BCUT2D eigenvalue weighted by Crippen LogP contribution is 2.46. The summed E-state index contributed by atoms with van der Waals surface area (Å²) in [4.78, 5) is 0. The molecule has 2 rings (SSSR count). The van der Waals surface area contributed by atoms with Gasteiger partial charge in [0, 0.05) is 6.07 Å². The Bertz CT molecular complexity index is 927. The summed E-state index contributed by atoms with van der Waals surface area (Å²) < 4.78 is 24.0. The maximum atomic E-state index is 6.26. The first-order valence-corrected chi connectivity index (χ1v) is 15.4. The van der Waals surface area contributed by atoms with Gasteiger partial charge in [-0.3, -0.25) is 0 Å². The Morgan fingerprint density at radius 3 is 2.10 bits per heavy atom. The topological polar surface area (TPSA) is 36.9 Å². The smallest absolute Gasteiger partial charge is 0.139 e. The molecule has 1 unspecified atom stereocenters. The molecule has 0 aromatic heterocycles. The first-order valence-electron chi connectivity index (χ1n) is 15.4. The van der Waals surface area contributed by atoms with E-state index >= 15 is 0 Å². The van der Waals surface area contributed by atoms with Crippen molar-refractivity contribution in [1.82, 2.24) is 0 Å².